The fraction of sp³-hybridized carbons (Fsp3) is 0.667. The summed E-state index contributed by atoms with van der Waals surface area (Å²) >= 11 is 0. The summed E-state index contributed by atoms with van der Waals surface area (Å²) in [6.07, 6.45) is 1.93. The maximum absolute atomic E-state index is 10.6. The van der Waals surface area contributed by atoms with Gasteiger partial charge in [0.2, 0.25) is 0 Å². The zero-order valence-electron chi connectivity index (χ0n) is 14.8. The molecule has 0 bridgehead atoms. The molecule has 2 N–H and O–H groups in total. The molecule has 2 aliphatic heterocycles. The smallest absolute Gasteiger partial charge is 0.124 e. The van der Waals surface area contributed by atoms with E-state index in [0.717, 1.165) is 69.3 Å². The maximum Gasteiger partial charge on any atom is 0.124 e. The summed E-state index contributed by atoms with van der Waals surface area (Å²) in [5, 5.41) is 13.9. The molecule has 134 valence electrons. The van der Waals surface area contributed by atoms with Gasteiger partial charge in [-0.15, -0.1) is 0 Å². The minimum Gasteiger partial charge on any atom is -0.497 e. The number of benzene rings is 1. The third-order valence-electron chi connectivity index (χ3n) is 5.03. The van der Waals surface area contributed by atoms with E-state index in [4.69, 9.17) is 9.47 Å². The van der Waals surface area contributed by atoms with Gasteiger partial charge in [0, 0.05) is 63.2 Å². The Morgan fingerprint density at radius 2 is 1.83 bits per heavy atom. The normalized spacial score (nSPS) is 25.5. The molecule has 1 aromatic carbocycles. The number of hydrogen-bond donors (Lipinski definition) is 2. The van der Waals surface area contributed by atoms with Crippen molar-refractivity contribution >= 4 is 5.69 Å². The second-order valence-electron chi connectivity index (χ2n) is 6.84. The molecule has 24 heavy (non-hydrogen) atoms. The van der Waals surface area contributed by atoms with Crippen LogP contribution in [0.5, 0.6) is 11.5 Å². The molecule has 2 saturated heterocycles. The molecule has 2 fully saturated rings. The lowest BCUT2D eigenvalue weighted by atomic mass is 10.0. The minimum atomic E-state index is -0.561. The number of nitrogens with one attached hydrogen (secondary N) is 1. The van der Waals surface area contributed by atoms with E-state index in [-0.39, 0.29) is 0 Å². The number of nitrogens with zero attached hydrogens (tertiary/aromatic N) is 2. The molecule has 6 heteroatoms. The Balaban J connectivity index is 1.65. The molecule has 1 atom stereocenters. The SMILES string of the molecule is COc1cc(OC)cc(N2CCCN(CC3(O)CCNC3)CC2)c1. The third-order valence-corrected chi connectivity index (χ3v) is 5.03. The summed E-state index contributed by atoms with van der Waals surface area (Å²) in [5.41, 5.74) is 0.572. The Labute approximate surface area is 144 Å². The first-order chi connectivity index (χ1) is 11.6. The van der Waals surface area contributed by atoms with Gasteiger partial charge in [-0.2, -0.15) is 0 Å². The molecule has 0 amide bonds. The highest BCUT2D eigenvalue weighted by Gasteiger charge is 2.33. The summed E-state index contributed by atoms with van der Waals surface area (Å²) in [6, 6.07) is 6.02. The van der Waals surface area contributed by atoms with E-state index in [0.29, 0.717) is 6.54 Å². The van der Waals surface area contributed by atoms with E-state index in [2.05, 4.69) is 27.2 Å². The first-order valence-electron chi connectivity index (χ1n) is 8.75. The molecule has 0 aliphatic carbocycles. The molecular formula is C18H29N3O3. The minimum absolute atomic E-state index is 0.561. The molecule has 6 nitrogen and oxygen atoms in total. The van der Waals surface area contributed by atoms with Crippen molar-refractivity contribution in [2.75, 3.05) is 64.9 Å². The van der Waals surface area contributed by atoms with Gasteiger partial charge in [-0.05, 0) is 19.4 Å². The van der Waals surface area contributed by atoms with Crippen LogP contribution in [-0.4, -0.2) is 75.6 Å². The molecule has 0 aromatic heterocycles. The van der Waals surface area contributed by atoms with Crippen LogP contribution in [0.1, 0.15) is 12.8 Å². The van der Waals surface area contributed by atoms with Gasteiger partial charge in [0.15, 0.2) is 0 Å². The monoisotopic (exact) mass is 335 g/mol. The van der Waals surface area contributed by atoms with Crippen LogP contribution in [0.2, 0.25) is 0 Å². The molecule has 0 spiro atoms. The van der Waals surface area contributed by atoms with Crippen molar-refractivity contribution in [1.82, 2.24) is 10.2 Å². The number of anilines is 1. The summed E-state index contributed by atoms with van der Waals surface area (Å²) in [7, 11) is 3.36. The van der Waals surface area contributed by atoms with Crippen LogP contribution < -0.4 is 19.7 Å². The van der Waals surface area contributed by atoms with E-state index < -0.39 is 5.60 Å². The lowest BCUT2D eigenvalue weighted by molar-refractivity contribution is 0.0228. The average Bonchev–Trinajstić information content (AvgIpc) is 2.89. The van der Waals surface area contributed by atoms with Gasteiger partial charge in [0.1, 0.15) is 11.5 Å². The van der Waals surface area contributed by atoms with Crippen molar-refractivity contribution in [2.24, 2.45) is 0 Å². The third kappa shape index (κ3) is 4.12. The molecule has 2 aliphatic rings. The Morgan fingerprint density at radius 3 is 2.46 bits per heavy atom. The molecule has 3 rings (SSSR count). The number of methoxy groups -OCH3 is 2. The van der Waals surface area contributed by atoms with Gasteiger partial charge in [0.25, 0.3) is 0 Å². The van der Waals surface area contributed by atoms with Crippen molar-refractivity contribution in [2.45, 2.75) is 18.4 Å². The van der Waals surface area contributed by atoms with Crippen molar-refractivity contribution in [3.8, 4) is 11.5 Å². The van der Waals surface area contributed by atoms with Crippen LogP contribution in [0.3, 0.4) is 0 Å². The number of β-amino-alcohol motifs (C(OH)–C–C–N with tert-alkyl or cyclic N) is 1. The summed E-state index contributed by atoms with van der Waals surface area (Å²) in [4.78, 5) is 4.77. The average molecular weight is 335 g/mol. The molecule has 2 heterocycles. The topological polar surface area (TPSA) is 57.2 Å². The van der Waals surface area contributed by atoms with Crippen molar-refractivity contribution in [1.29, 1.82) is 0 Å². The number of rotatable bonds is 5. The van der Waals surface area contributed by atoms with Crippen molar-refractivity contribution in [3.63, 3.8) is 0 Å². The zero-order chi connectivity index (χ0) is 17.0. The number of ether oxygens (including phenoxy) is 2. The number of hydrogen-bond acceptors (Lipinski definition) is 6. The Hall–Kier alpha value is -1.50. The van der Waals surface area contributed by atoms with Gasteiger partial charge < -0.3 is 24.8 Å². The predicted molar refractivity (Wildman–Crippen MR) is 95.3 cm³/mol. The highest BCUT2D eigenvalue weighted by molar-refractivity contribution is 5.55. The van der Waals surface area contributed by atoms with Crippen molar-refractivity contribution in [3.05, 3.63) is 18.2 Å². The standard InChI is InChI=1S/C18H29N3O3/c1-23-16-10-15(11-17(12-16)24-2)21-7-3-6-20(8-9-21)14-18(22)4-5-19-13-18/h10-12,19,22H,3-9,13-14H2,1-2H3. The summed E-state index contributed by atoms with van der Waals surface area (Å²) in [5.74, 6) is 1.63. The quantitative estimate of drug-likeness (QED) is 0.835. The van der Waals surface area contributed by atoms with Crippen LogP contribution in [0.4, 0.5) is 5.69 Å². The predicted octanol–water partition coefficient (Wildman–Crippen LogP) is 0.940. The lowest BCUT2D eigenvalue weighted by Gasteiger charge is -2.30. The van der Waals surface area contributed by atoms with Crippen LogP contribution in [-0.2, 0) is 0 Å². The van der Waals surface area contributed by atoms with Crippen LogP contribution in [0.25, 0.3) is 0 Å². The van der Waals surface area contributed by atoms with Gasteiger partial charge in [-0.25, -0.2) is 0 Å². The molecular weight excluding hydrogens is 306 g/mol. The second-order valence-corrected chi connectivity index (χ2v) is 6.84. The first kappa shape index (κ1) is 17.3. The number of aliphatic hydroxyl groups is 1. The van der Waals surface area contributed by atoms with E-state index in [1.807, 2.05) is 6.07 Å². The summed E-state index contributed by atoms with van der Waals surface area (Å²) < 4.78 is 10.8. The Morgan fingerprint density at radius 1 is 1.08 bits per heavy atom. The highest BCUT2D eigenvalue weighted by atomic mass is 16.5. The zero-order valence-corrected chi connectivity index (χ0v) is 14.8. The molecule has 1 aromatic rings. The van der Waals surface area contributed by atoms with Gasteiger partial charge in [0.05, 0.1) is 19.8 Å². The second kappa shape index (κ2) is 7.59. The Kier molecular flexibility index (Phi) is 5.48. The van der Waals surface area contributed by atoms with Gasteiger partial charge >= 0.3 is 0 Å². The lowest BCUT2D eigenvalue weighted by Crippen LogP contribution is -2.45. The molecule has 1 unspecified atom stereocenters. The summed E-state index contributed by atoms with van der Waals surface area (Å²) in [6.45, 7) is 6.32. The van der Waals surface area contributed by atoms with Gasteiger partial charge in [-0.1, -0.05) is 0 Å². The van der Waals surface area contributed by atoms with Gasteiger partial charge in [-0.3, -0.25) is 4.90 Å². The fourth-order valence-electron chi connectivity index (χ4n) is 3.64. The van der Waals surface area contributed by atoms with Crippen LogP contribution >= 0.6 is 0 Å². The van der Waals surface area contributed by atoms with E-state index in [1.54, 1.807) is 14.2 Å². The van der Waals surface area contributed by atoms with Crippen LogP contribution in [0, 0.1) is 0 Å². The van der Waals surface area contributed by atoms with E-state index in [1.165, 1.54) is 0 Å². The maximum atomic E-state index is 10.6. The van der Waals surface area contributed by atoms with Crippen LogP contribution in [0.15, 0.2) is 18.2 Å². The fourth-order valence-corrected chi connectivity index (χ4v) is 3.64. The Bertz CT molecular complexity index is 524. The first-order valence-corrected chi connectivity index (χ1v) is 8.75. The van der Waals surface area contributed by atoms with E-state index >= 15 is 0 Å². The molecule has 0 saturated carbocycles. The van der Waals surface area contributed by atoms with E-state index in [9.17, 15) is 5.11 Å². The molecule has 0 radical (unpaired) electrons. The largest absolute Gasteiger partial charge is 0.497 e. The highest BCUT2D eigenvalue weighted by Crippen LogP contribution is 2.29. The van der Waals surface area contributed by atoms with Crippen molar-refractivity contribution < 1.29 is 14.6 Å².